The Morgan fingerprint density at radius 2 is 1.52 bits per heavy atom. The maximum absolute atomic E-state index is 6.67. The third kappa shape index (κ3) is 3.76. The average Bonchev–Trinajstić information content (AvgIpc) is 2.48. The van der Waals surface area contributed by atoms with Crippen LogP contribution in [0.5, 0.6) is 11.5 Å². The van der Waals surface area contributed by atoms with E-state index in [-0.39, 0.29) is 5.38 Å². The van der Waals surface area contributed by atoms with Crippen LogP contribution in [0.1, 0.15) is 16.5 Å². The minimum Gasteiger partial charge on any atom is -0.496 e. The Bertz CT molecular complexity index is 662. The molecule has 0 aromatic heterocycles. The smallest absolute Gasteiger partial charge is 0.133 e. The molecule has 2 aromatic carbocycles. The molecule has 0 fully saturated rings. The zero-order chi connectivity index (χ0) is 15.6. The first-order valence-electron chi connectivity index (χ1n) is 5.98. The summed E-state index contributed by atoms with van der Waals surface area (Å²) in [5.74, 6) is 1.41. The third-order valence-corrected chi connectivity index (χ3v) is 5.31. The van der Waals surface area contributed by atoms with Crippen LogP contribution in [0.3, 0.4) is 0 Å². The van der Waals surface area contributed by atoms with E-state index in [1.807, 2.05) is 30.3 Å². The van der Waals surface area contributed by atoms with Gasteiger partial charge in [0.15, 0.2) is 0 Å². The molecule has 0 aliphatic carbocycles. The summed E-state index contributed by atoms with van der Waals surface area (Å²) in [6.07, 6.45) is 0. The number of alkyl halides is 1. The Hall–Kier alpha value is -0.230. The van der Waals surface area contributed by atoms with Crippen LogP contribution in [0.25, 0.3) is 0 Å². The summed E-state index contributed by atoms with van der Waals surface area (Å²) in [5, 5.41) is -0.367. The molecule has 2 aromatic rings. The Labute approximate surface area is 154 Å². The number of methoxy groups -OCH3 is 2. The van der Waals surface area contributed by atoms with Gasteiger partial charge in [0.1, 0.15) is 11.5 Å². The van der Waals surface area contributed by atoms with Crippen molar-refractivity contribution in [2.24, 2.45) is 0 Å². The Morgan fingerprint density at radius 3 is 2.14 bits per heavy atom. The summed E-state index contributed by atoms with van der Waals surface area (Å²) in [4.78, 5) is 0. The molecule has 1 atom stereocenters. The van der Waals surface area contributed by atoms with Crippen LogP contribution in [0, 0.1) is 0 Å². The van der Waals surface area contributed by atoms with Gasteiger partial charge in [0.2, 0.25) is 0 Å². The topological polar surface area (TPSA) is 18.5 Å². The lowest BCUT2D eigenvalue weighted by atomic mass is 10.0. The van der Waals surface area contributed by atoms with Gasteiger partial charge in [-0.05, 0) is 51.8 Å². The molecule has 0 aliphatic rings. The highest BCUT2D eigenvalue weighted by Crippen LogP contribution is 2.43. The fraction of sp³-hybridized carbons (Fsp3) is 0.200. The molecule has 0 aliphatic heterocycles. The normalized spacial score (nSPS) is 12.1. The van der Waals surface area contributed by atoms with Gasteiger partial charge in [-0.15, -0.1) is 11.6 Å². The zero-order valence-corrected chi connectivity index (χ0v) is 16.8. The van der Waals surface area contributed by atoms with E-state index in [0.717, 1.165) is 24.5 Å². The second kappa shape index (κ2) is 7.36. The van der Waals surface area contributed by atoms with E-state index in [9.17, 15) is 0 Å². The van der Waals surface area contributed by atoms with E-state index in [1.54, 1.807) is 14.2 Å². The fourth-order valence-corrected chi connectivity index (χ4v) is 3.78. The van der Waals surface area contributed by atoms with E-state index in [2.05, 4.69) is 47.8 Å². The minimum atomic E-state index is -0.367. The van der Waals surface area contributed by atoms with Gasteiger partial charge in [-0.3, -0.25) is 0 Å². The van der Waals surface area contributed by atoms with Crippen molar-refractivity contribution in [3.05, 3.63) is 54.9 Å². The molecule has 112 valence electrons. The molecule has 0 N–H and O–H groups in total. The molecule has 2 nitrogen and oxygen atoms in total. The zero-order valence-electron chi connectivity index (χ0n) is 11.3. The van der Waals surface area contributed by atoms with Gasteiger partial charge in [0.25, 0.3) is 0 Å². The summed E-state index contributed by atoms with van der Waals surface area (Å²) < 4.78 is 13.5. The van der Waals surface area contributed by atoms with Crippen molar-refractivity contribution in [1.82, 2.24) is 0 Å². The van der Waals surface area contributed by atoms with Gasteiger partial charge in [0, 0.05) is 14.5 Å². The molecular formula is C15H12Br3ClO2. The maximum Gasteiger partial charge on any atom is 0.133 e. The molecule has 0 saturated carbocycles. The molecule has 1 unspecified atom stereocenters. The van der Waals surface area contributed by atoms with E-state index < -0.39 is 0 Å². The Balaban J connectivity index is 2.56. The highest BCUT2D eigenvalue weighted by atomic mass is 79.9. The number of ether oxygens (including phenoxy) is 2. The first-order chi connectivity index (χ1) is 9.97. The molecule has 0 bridgehead atoms. The van der Waals surface area contributed by atoms with E-state index in [4.69, 9.17) is 21.1 Å². The van der Waals surface area contributed by atoms with Crippen molar-refractivity contribution in [2.45, 2.75) is 5.38 Å². The van der Waals surface area contributed by atoms with Gasteiger partial charge < -0.3 is 9.47 Å². The van der Waals surface area contributed by atoms with Gasteiger partial charge in [-0.1, -0.05) is 31.9 Å². The van der Waals surface area contributed by atoms with Gasteiger partial charge in [0.05, 0.1) is 24.1 Å². The van der Waals surface area contributed by atoms with Crippen molar-refractivity contribution in [3.63, 3.8) is 0 Å². The lowest BCUT2D eigenvalue weighted by Gasteiger charge is -2.18. The van der Waals surface area contributed by atoms with E-state index >= 15 is 0 Å². The van der Waals surface area contributed by atoms with Crippen LogP contribution < -0.4 is 9.47 Å². The number of halogens is 4. The van der Waals surface area contributed by atoms with Gasteiger partial charge >= 0.3 is 0 Å². The van der Waals surface area contributed by atoms with Crippen molar-refractivity contribution < 1.29 is 9.47 Å². The number of hydrogen-bond acceptors (Lipinski definition) is 2. The molecule has 0 spiro atoms. The first kappa shape index (κ1) is 17.1. The van der Waals surface area contributed by atoms with Crippen LogP contribution in [-0.4, -0.2) is 14.2 Å². The van der Waals surface area contributed by atoms with Gasteiger partial charge in [-0.25, -0.2) is 0 Å². The Kier molecular flexibility index (Phi) is 6.00. The van der Waals surface area contributed by atoms with E-state index in [1.165, 1.54) is 0 Å². The summed E-state index contributed by atoms with van der Waals surface area (Å²) >= 11 is 17.1. The molecule has 0 amide bonds. The Morgan fingerprint density at radius 1 is 0.857 bits per heavy atom. The van der Waals surface area contributed by atoms with Gasteiger partial charge in [-0.2, -0.15) is 0 Å². The lowest BCUT2D eigenvalue weighted by molar-refractivity contribution is 0.397. The van der Waals surface area contributed by atoms with E-state index in [0.29, 0.717) is 11.5 Å². The van der Waals surface area contributed by atoms with Crippen molar-refractivity contribution >= 4 is 59.4 Å². The van der Waals surface area contributed by atoms with Crippen LogP contribution in [0.4, 0.5) is 0 Å². The van der Waals surface area contributed by atoms with Crippen LogP contribution in [0.15, 0.2) is 43.7 Å². The molecule has 0 heterocycles. The largest absolute Gasteiger partial charge is 0.496 e. The number of benzene rings is 2. The highest BCUT2D eigenvalue weighted by Gasteiger charge is 2.20. The summed E-state index contributed by atoms with van der Waals surface area (Å²) in [6, 6.07) is 9.63. The standard InChI is InChI=1S/C15H12Br3ClO2/c1-20-13-7-12(18)14(21-2)6-10(13)15(19)9-5-8(16)3-4-11(9)17/h3-7,15H,1-2H3. The second-order valence-electron chi connectivity index (χ2n) is 4.26. The quantitative estimate of drug-likeness (QED) is 0.459. The van der Waals surface area contributed by atoms with Crippen LogP contribution in [0.2, 0.25) is 0 Å². The maximum atomic E-state index is 6.67. The van der Waals surface area contributed by atoms with Crippen molar-refractivity contribution in [1.29, 1.82) is 0 Å². The second-order valence-corrected chi connectivity index (χ2v) is 7.32. The van der Waals surface area contributed by atoms with Crippen LogP contribution in [-0.2, 0) is 0 Å². The fourth-order valence-electron chi connectivity index (χ4n) is 1.96. The average molecular weight is 499 g/mol. The van der Waals surface area contributed by atoms with Crippen LogP contribution >= 0.6 is 59.4 Å². The summed E-state index contributed by atoms with van der Waals surface area (Å²) in [7, 11) is 3.24. The third-order valence-electron chi connectivity index (χ3n) is 3.01. The molecule has 21 heavy (non-hydrogen) atoms. The summed E-state index contributed by atoms with van der Waals surface area (Å²) in [6.45, 7) is 0. The highest BCUT2D eigenvalue weighted by molar-refractivity contribution is 9.11. The molecule has 0 saturated heterocycles. The predicted molar refractivity (Wildman–Crippen MR) is 96.8 cm³/mol. The number of rotatable bonds is 4. The first-order valence-corrected chi connectivity index (χ1v) is 8.80. The summed E-state index contributed by atoms with van der Waals surface area (Å²) in [5.41, 5.74) is 1.80. The predicted octanol–water partition coefficient (Wildman–Crippen LogP) is 6.32. The SMILES string of the molecule is COc1cc(C(Cl)c2cc(Br)ccc2Br)c(OC)cc1Br. The molecular weight excluding hydrogens is 487 g/mol. The van der Waals surface area contributed by atoms with Crippen molar-refractivity contribution in [2.75, 3.05) is 14.2 Å². The number of hydrogen-bond donors (Lipinski definition) is 0. The monoisotopic (exact) mass is 496 g/mol. The minimum absolute atomic E-state index is 0.367. The molecule has 2 rings (SSSR count). The molecule has 6 heteroatoms. The van der Waals surface area contributed by atoms with Crippen molar-refractivity contribution in [3.8, 4) is 11.5 Å². The lowest BCUT2D eigenvalue weighted by Crippen LogP contribution is -2.00. The molecule has 0 radical (unpaired) electrons.